The largest absolute Gasteiger partial charge is 0.351 e. The molecule has 1 unspecified atom stereocenters. The Labute approximate surface area is 147 Å². The molecule has 2 aromatic rings. The third-order valence-corrected chi connectivity index (χ3v) is 5.93. The second-order valence-electron chi connectivity index (χ2n) is 7.12. The summed E-state index contributed by atoms with van der Waals surface area (Å²) in [6.07, 6.45) is 9.59. The molecule has 1 spiro atoms. The molecule has 0 bridgehead atoms. The number of fused-ring (bicyclic) bond motifs is 1. The van der Waals surface area contributed by atoms with Crippen molar-refractivity contribution in [2.45, 2.75) is 70.5 Å². The van der Waals surface area contributed by atoms with Crippen LogP contribution in [0.4, 0.5) is 5.82 Å². The van der Waals surface area contributed by atoms with Crippen molar-refractivity contribution in [1.82, 2.24) is 24.8 Å². The van der Waals surface area contributed by atoms with Crippen LogP contribution in [-0.2, 0) is 11.3 Å². The molecule has 25 heavy (non-hydrogen) atoms. The Kier molecular flexibility index (Phi) is 4.09. The lowest BCUT2D eigenvalue weighted by molar-refractivity contribution is -0.121. The fraction of sp³-hybridized carbons (Fsp3) is 0.667. The first-order chi connectivity index (χ1) is 12.2. The van der Waals surface area contributed by atoms with E-state index in [4.69, 9.17) is 0 Å². The molecular formula is C18H26N6O. The van der Waals surface area contributed by atoms with Crippen LogP contribution in [0.15, 0.2) is 12.7 Å². The topological polar surface area (TPSA) is 75.9 Å². The molecule has 1 atom stereocenters. The minimum Gasteiger partial charge on any atom is -0.351 e. The van der Waals surface area contributed by atoms with Crippen LogP contribution in [-0.4, -0.2) is 43.6 Å². The zero-order valence-corrected chi connectivity index (χ0v) is 15.0. The van der Waals surface area contributed by atoms with Crippen molar-refractivity contribution in [3.05, 3.63) is 12.7 Å². The predicted octanol–water partition coefficient (Wildman–Crippen LogP) is 2.26. The molecule has 2 aromatic heterocycles. The van der Waals surface area contributed by atoms with Crippen LogP contribution in [0.1, 0.15) is 52.4 Å². The lowest BCUT2D eigenvalue weighted by Crippen LogP contribution is -2.55. The van der Waals surface area contributed by atoms with Crippen LogP contribution in [0.5, 0.6) is 0 Å². The summed E-state index contributed by atoms with van der Waals surface area (Å²) in [5, 5.41) is 3.28. The van der Waals surface area contributed by atoms with Gasteiger partial charge in [0.2, 0.25) is 5.91 Å². The van der Waals surface area contributed by atoms with Crippen molar-refractivity contribution in [3.63, 3.8) is 0 Å². The van der Waals surface area contributed by atoms with Gasteiger partial charge >= 0.3 is 0 Å². The Hall–Kier alpha value is -2.18. The van der Waals surface area contributed by atoms with Gasteiger partial charge in [0, 0.05) is 19.5 Å². The SMILES string of the molecule is CCC(=O)NC1CCN(c2ncnc3c2ncn3CC)C12CCCC2. The molecule has 1 aliphatic heterocycles. The number of amides is 1. The summed E-state index contributed by atoms with van der Waals surface area (Å²) in [6, 6.07) is 0.195. The first-order valence-corrected chi connectivity index (χ1v) is 9.42. The van der Waals surface area contributed by atoms with E-state index in [9.17, 15) is 4.79 Å². The van der Waals surface area contributed by atoms with Gasteiger partial charge in [0.15, 0.2) is 17.0 Å². The fourth-order valence-corrected chi connectivity index (χ4v) is 4.66. The number of carbonyl (C=O) groups is 1. The van der Waals surface area contributed by atoms with Gasteiger partial charge in [-0.15, -0.1) is 0 Å². The zero-order valence-electron chi connectivity index (χ0n) is 15.0. The van der Waals surface area contributed by atoms with Crippen molar-refractivity contribution < 1.29 is 4.79 Å². The maximum Gasteiger partial charge on any atom is 0.220 e. The average molecular weight is 342 g/mol. The van der Waals surface area contributed by atoms with Gasteiger partial charge < -0.3 is 14.8 Å². The Bertz CT molecular complexity index is 779. The monoisotopic (exact) mass is 342 g/mol. The van der Waals surface area contributed by atoms with Crippen molar-refractivity contribution in [3.8, 4) is 0 Å². The van der Waals surface area contributed by atoms with Crippen LogP contribution in [0.3, 0.4) is 0 Å². The first kappa shape index (κ1) is 16.3. The number of aryl methyl sites for hydroxylation is 1. The van der Waals surface area contributed by atoms with E-state index in [0.29, 0.717) is 6.42 Å². The molecule has 3 heterocycles. The van der Waals surface area contributed by atoms with Crippen LogP contribution in [0, 0.1) is 0 Å². The smallest absolute Gasteiger partial charge is 0.220 e. The van der Waals surface area contributed by atoms with E-state index >= 15 is 0 Å². The highest BCUT2D eigenvalue weighted by Gasteiger charge is 2.51. The second kappa shape index (κ2) is 6.28. The minimum absolute atomic E-state index is 0.0257. The summed E-state index contributed by atoms with van der Waals surface area (Å²) in [6.45, 7) is 5.75. The molecule has 1 saturated carbocycles. The number of rotatable bonds is 4. The van der Waals surface area contributed by atoms with Gasteiger partial charge in [-0.2, -0.15) is 0 Å². The predicted molar refractivity (Wildman–Crippen MR) is 96.4 cm³/mol. The lowest BCUT2D eigenvalue weighted by Gasteiger charge is -2.40. The molecule has 7 nitrogen and oxygen atoms in total. The highest BCUT2D eigenvalue weighted by Crippen LogP contribution is 2.46. The maximum atomic E-state index is 12.0. The summed E-state index contributed by atoms with van der Waals surface area (Å²) >= 11 is 0. The molecule has 4 rings (SSSR count). The molecule has 7 heteroatoms. The number of carbonyl (C=O) groups excluding carboxylic acids is 1. The van der Waals surface area contributed by atoms with Gasteiger partial charge in [0.1, 0.15) is 6.33 Å². The molecule has 0 aromatic carbocycles. The van der Waals surface area contributed by atoms with Crippen LogP contribution in [0.25, 0.3) is 11.2 Å². The van der Waals surface area contributed by atoms with E-state index in [0.717, 1.165) is 49.3 Å². The van der Waals surface area contributed by atoms with Crippen LogP contribution in [0.2, 0.25) is 0 Å². The molecular weight excluding hydrogens is 316 g/mol. The summed E-state index contributed by atoms with van der Waals surface area (Å²) < 4.78 is 2.05. The highest BCUT2D eigenvalue weighted by molar-refractivity contribution is 5.84. The van der Waals surface area contributed by atoms with Gasteiger partial charge in [-0.3, -0.25) is 4.79 Å². The Morgan fingerprint density at radius 3 is 2.80 bits per heavy atom. The average Bonchev–Trinajstić information content (AvgIpc) is 3.35. The van der Waals surface area contributed by atoms with E-state index in [1.807, 2.05) is 17.8 Å². The molecule has 1 N–H and O–H groups in total. The fourth-order valence-electron chi connectivity index (χ4n) is 4.66. The Morgan fingerprint density at radius 1 is 1.28 bits per heavy atom. The number of imidazole rings is 1. The van der Waals surface area contributed by atoms with Gasteiger partial charge in [-0.1, -0.05) is 19.8 Å². The van der Waals surface area contributed by atoms with Crippen molar-refractivity contribution in [1.29, 1.82) is 0 Å². The van der Waals surface area contributed by atoms with Gasteiger partial charge in [0.05, 0.1) is 17.9 Å². The number of aromatic nitrogens is 4. The van der Waals surface area contributed by atoms with E-state index in [-0.39, 0.29) is 17.5 Å². The Morgan fingerprint density at radius 2 is 2.08 bits per heavy atom. The first-order valence-electron chi connectivity index (χ1n) is 9.42. The van der Waals surface area contributed by atoms with Gasteiger partial charge in [-0.25, -0.2) is 15.0 Å². The van der Waals surface area contributed by atoms with Crippen LogP contribution < -0.4 is 10.2 Å². The number of nitrogens with zero attached hydrogens (tertiary/aromatic N) is 5. The lowest BCUT2D eigenvalue weighted by atomic mass is 9.88. The van der Waals surface area contributed by atoms with E-state index in [1.54, 1.807) is 6.33 Å². The molecule has 1 aliphatic carbocycles. The van der Waals surface area contributed by atoms with Gasteiger partial charge in [0.25, 0.3) is 0 Å². The number of nitrogens with one attached hydrogen (secondary N) is 1. The third-order valence-electron chi connectivity index (χ3n) is 5.93. The standard InChI is InChI=1S/C18H26N6O/c1-3-14(25)22-13-7-10-24(18(13)8-5-6-9-18)17-15-16(19-11-20-17)23(4-2)12-21-15/h11-13H,3-10H2,1-2H3,(H,22,25). The molecule has 0 radical (unpaired) electrons. The third kappa shape index (κ3) is 2.48. The minimum atomic E-state index is -0.0257. The van der Waals surface area contributed by atoms with Crippen molar-refractivity contribution in [2.24, 2.45) is 0 Å². The highest BCUT2D eigenvalue weighted by atomic mass is 16.1. The number of hydrogen-bond donors (Lipinski definition) is 1. The van der Waals surface area contributed by atoms with Crippen molar-refractivity contribution in [2.75, 3.05) is 11.4 Å². The molecule has 1 amide bonds. The van der Waals surface area contributed by atoms with E-state index < -0.39 is 0 Å². The van der Waals surface area contributed by atoms with E-state index in [2.05, 4.69) is 32.1 Å². The normalized spacial score (nSPS) is 22.2. The Balaban J connectivity index is 1.75. The summed E-state index contributed by atoms with van der Waals surface area (Å²) in [7, 11) is 0. The second-order valence-corrected chi connectivity index (χ2v) is 7.12. The van der Waals surface area contributed by atoms with Crippen molar-refractivity contribution >= 4 is 22.9 Å². The number of hydrogen-bond acceptors (Lipinski definition) is 5. The molecule has 2 aliphatic rings. The molecule has 2 fully saturated rings. The zero-order chi connectivity index (χ0) is 17.4. The summed E-state index contributed by atoms with van der Waals surface area (Å²) in [5.41, 5.74) is 1.74. The summed E-state index contributed by atoms with van der Waals surface area (Å²) in [5.74, 6) is 1.06. The van der Waals surface area contributed by atoms with Crippen LogP contribution >= 0.6 is 0 Å². The van der Waals surface area contributed by atoms with E-state index in [1.165, 1.54) is 12.8 Å². The number of anilines is 1. The maximum absolute atomic E-state index is 12.0. The molecule has 1 saturated heterocycles. The summed E-state index contributed by atoms with van der Waals surface area (Å²) in [4.78, 5) is 28.1. The van der Waals surface area contributed by atoms with Gasteiger partial charge in [-0.05, 0) is 26.2 Å². The quantitative estimate of drug-likeness (QED) is 0.922. The molecule has 134 valence electrons.